The first-order valence-electron chi connectivity index (χ1n) is 17.5. The summed E-state index contributed by atoms with van der Waals surface area (Å²) in [5.74, 6) is -0.649. The van der Waals surface area contributed by atoms with Crippen LogP contribution in [-0.4, -0.2) is 69.1 Å². The molecule has 1 rings (SSSR count). The first-order chi connectivity index (χ1) is 20.9. The van der Waals surface area contributed by atoms with Gasteiger partial charge in [0.05, 0.1) is 12.2 Å². The molecule has 0 unspecified atom stereocenters. The number of hydrogen-bond acceptors (Lipinski definition) is 7. The number of carbonyl (C=O) groups is 1. The van der Waals surface area contributed by atoms with E-state index in [2.05, 4.69) is 6.92 Å². The van der Waals surface area contributed by atoms with Crippen LogP contribution in [0.5, 0.6) is 0 Å². The van der Waals surface area contributed by atoms with Gasteiger partial charge in [0.1, 0.15) is 31.0 Å². The van der Waals surface area contributed by atoms with Crippen molar-refractivity contribution in [2.75, 3.05) is 13.2 Å². The smallest absolute Gasteiger partial charge is 0.338 e. The normalized spacial score (nSPS) is 14.4. The molecular formula is C36H64O7. The molecule has 250 valence electrons. The fourth-order valence-corrected chi connectivity index (χ4v) is 5.47. The average molecular weight is 609 g/mol. The molecule has 0 aliphatic rings. The Bertz CT molecular complexity index is 769. The highest BCUT2D eigenvalue weighted by molar-refractivity contribution is 5.89. The summed E-state index contributed by atoms with van der Waals surface area (Å²) in [5.41, 5.74) is 1.49. The maximum atomic E-state index is 12.2. The zero-order valence-electron chi connectivity index (χ0n) is 27.1. The van der Waals surface area contributed by atoms with Crippen LogP contribution in [0.1, 0.15) is 158 Å². The van der Waals surface area contributed by atoms with E-state index in [0.717, 1.165) is 18.4 Å². The number of rotatable bonds is 29. The molecule has 1 aromatic carbocycles. The van der Waals surface area contributed by atoms with E-state index in [9.17, 15) is 25.2 Å². The minimum absolute atomic E-state index is 0.334. The summed E-state index contributed by atoms with van der Waals surface area (Å²) in [6, 6.07) is 7.17. The van der Waals surface area contributed by atoms with E-state index in [1.165, 1.54) is 128 Å². The quantitative estimate of drug-likeness (QED) is 0.0488. The van der Waals surface area contributed by atoms with Crippen LogP contribution in [-0.2, 0) is 11.2 Å². The lowest BCUT2D eigenvalue weighted by atomic mass is 10.0. The van der Waals surface area contributed by atoms with Crippen molar-refractivity contribution < 1.29 is 35.1 Å². The Hall–Kier alpha value is -1.51. The topological polar surface area (TPSA) is 127 Å². The molecule has 0 aliphatic heterocycles. The highest BCUT2D eigenvalue weighted by Crippen LogP contribution is 2.16. The molecule has 0 amide bonds. The van der Waals surface area contributed by atoms with E-state index in [1.54, 1.807) is 12.1 Å². The number of ether oxygens (including phenoxy) is 1. The van der Waals surface area contributed by atoms with Crippen molar-refractivity contribution in [2.45, 2.75) is 173 Å². The van der Waals surface area contributed by atoms with Gasteiger partial charge < -0.3 is 30.3 Å². The Morgan fingerprint density at radius 2 is 0.953 bits per heavy atom. The van der Waals surface area contributed by atoms with Crippen molar-refractivity contribution >= 4 is 5.97 Å². The van der Waals surface area contributed by atoms with Crippen molar-refractivity contribution in [1.29, 1.82) is 0 Å². The molecule has 1 aromatic rings. The molecule has 0 saturated heterocycles. The van der Waals surface area contributed by atoms with Crippen LogP contribution in [0.25, 0.3) is 0 Å². The lowest BCUT2D eigenvalue weighted by Crippen LogP contribution is -2.47. The molecule has 0 bridgehead atoms. The van der Waals surface area contributed by atoms with Crippen LogP contribution >= 0.6 is 0 Å². The molecule has 43 heavy (non-hydrogen) atoms. The fraction of sp³-hybridized carbons (Fsp3) is 0.806. The Balaban J connectivity index is 1.95. The second-order valence-corrected chi connectivity index (χ2v) is 12.4. The predicted molar refractivity (Wildman–Crippen MR) is 174 cm³/mol. The number of hydrogen-bond donors (Lipinski definition) is 5. The van der Waals surface area contributed by atoms with Gasteiger partial charge in [-0.25, -0.2) is 4.79 Å². The highest BCUT2D eigenvalue weighted by Gasteiger charge is 2.30. The SMILES string of the molecule is CCCCCCCCCCCCCCCCCCCCCCCc1ccc(C(=O)OC[C@@H](O)[C@@H](O)[C@H](O)[C@@H](O)CO)cc1. The molecule has 5 N–H and O–H groups in total. The van der Waals surface area contributed by atoms with E-state index < -0.39 is 43.6 Å². The van der Waals surface area contributed by atoms with E-state index in [4.69, 9.17) is 9.84 Å². The monoisotopic (exact) mass is 608 g/mol. The van der Waals surface area contributed by atoms with Crippen LogP contribution < -0.4 is 0 Å². The van der Waals surface area contributed by atoms with Gasteiger partial charge >= 0.3 is 5.97 Å². The van der Waals surface area contributed by atoms with E-state index in [0.29, 0.717) is 5.56 Å². The van der Waals surface area contributed by atoms with Crippen LogP contribution in [0.4, 0.5) is 0 Å². The van der Waals surface area contributed by atoms with Gasteiger partial charge in [0.2, 0.25) is 0 Å². The summed E-state index contributed by atoms with van der Waals surface area (Å²) in [7, 11) is 0. The minimum Gasteiger partial charge on any atom is -0.459 e. The van der Waals surface area contributed by atoms with E-state index in [1.807, 2.05) is 12.1 Å². The van der Waals surface area contributed by atoms with Gasteiger partial charge in [0.15, 0.2) is 0 Å². The molecule has 0 spiro atoms. The van der Waals surface area contributed by atoms with Gasteiger partial charge in [0.25, 0.3) is 0 Å². The lowest BCUT2D eigenvalue weighted by molar-refractivity contribution is -0.124. The van der Waals surface area contributed by atoms with Crippen molar-refractivity contribution in [1.82, 2.24) is 0 Å². The molecule has 0 radical (unpaired) electrons. The predicted octanol–water partition coefficient (Wildman–Crippen LogP) is 7.03. The van der Waals surface area contributed by atoms with Gasteiger partial charge in [-0.05, 0) is 30.5 Å². The molecule has 7 nitrogen and oxygen atoms in total. The summed E-state index contributed by atoms with van der Waals surface area (Å²) in [5, 5.41) is 47.5. The Kier molecular flexibility index (Phi) is 24.7. The number of aliphatic hydroxyl groups excluding tert-OH is 5. The number of aliphatic hydroxyl groups is 5. The number of unbranched alkanes of at least 4 members (excludes halogenated alkanes) is 20. The second-order valence-electron chi connectivity index (χ2n) is 12.4. The average Bonchev–Trinajstić information content (AvgIpc) is 3.03. The maximum Gasteiger partial charge on any atom is 0.338 e. The summed E-state index contributed by atoms with van der Waals surface area (Å²) >= 11 is 0. The van der Waals surface area contributed by atoms with Crippen LogP contribution in [0, 0.1) is 0 Å². The molecule has 4 atom stereocenters. The van der Waals surface area contributed by atoms with E-state index >= 15 is 0 Å². The van der Waals surface area contributed by atoms with Gasteiger partial charge in [-0.2, -0.15) is 0 Å². The first kappa shape index (κ1) is 39.5. The minimum atomic E-state index is -1.76. The summed E-state index contributed by atoms with van der Waals surface area (Å²) in [4.78, 5) is 12.2. The third-order valence-corrected chi connectivity index (χ3v) is 8.47. The van der Waals surface area contributed by atoms with Crippen LogP contribution in [0.15, 0.2) is 24.3 Å². The number of aryl methyl sites for hydroxylation is 1. The third-order valence-electron chi connectivity index (χ3n) is 8.47. The molecule has 0 heterocycles. The van der Waals surface area contributed by atoms with E-state index in [-0.39, 0.29) is 0 Å². The number of benzene rings is 1. The maximum absolute atomic E-state index is 12.2. The van der Waals surface area contributed by atoms with Gasteiger partial charge in [-0.1, -0.05) is 147 Å². The Morgan fingerprint density at radius 1 is 0.581 bits per heavy atom. The molecule has 0 fully saturated rings. The third kappa shape index (κ3) is 20.2. The molecule has 7 heteroatoms. The van der Waals surface area contributed by atoms with Crippen molar-refractivity contribution in [3.63, 3.8) is 0 Å². The summed E-state index contributed by atoms with van der Waals surface area (Å²) in [6.07, 6.45) is 23.1. The lowest BCUT2D eigenvalue weighted by Gasteiger charge is -2.25. The largest absolute Gasteiger partial charge is 0.459 e. The standard InChI is InChI=1S/C36H64O7/c1-2-3-4-5-6-7-8-9-10-11-12-13-14-15-16-17-18-19-20-21-22-23-30-24-26-31(27-25-30)36(42)43-29-33(39)35(41)34(40)32(38)28-37/h24-27,32-35,37-41H,2-23,28-29H2,1H3/t32-,33+,34+,35+/m0/s1. The zero-order valence-corrected chi connectivity index (χ0v) is 27.1. The van der Waals surface area contributed by atoms with Crippen LogP contribution in [0.3, 0.4) is 0 Å². The molecule has 0 aliphatic carbocycles. The van der Waals surface area contributed by atoms with Gasteiger partial charge in [-0.3, -0.25) is 0 Å². The zero-order chi connectivity index (χ0) is 31.5. The molecular weight excluding hydrogens is 544 g/mol. The number of carbonyl (C=O) groups excluding carboxylic acids is 1. The van der Waals surface area contributed by atoms with Gasteiger partial charge in [-0.15, -0.1) is 0 Å². The second kappa shape index (κ2) is 26.9. The summed E-state index contributed by atoms with van der Waals surface area (Å²) < 4.78 is 5.02. The first-order valence-corrected chi connectivity index (χ1v) is 17.5. The Labute approximate surface area is 262 Å². The summed E-state index contributed by atoms with van der Waals surface area (Å²) in [6.45, 7) is 0.969. The van der Waals surface area contributed by atoms with Crippen molar-refractivity contribution in [3.8, 4) is 0 Å². The highest BCUT2D eigenvalue weighted by atomic mass is 16.5. The van der Waals surface area contributed by atoms with Crippen molar-refractivity contribution in [2.24, 2.45) is 0 Å². The van der Waals surface area contributed by atoms with Crippen molar-refractivity contribution in [3.05, 3.63) is 35.4 Å². The van der Waals surface area contributed by atoms with Gasteiger partial charge in [0, 0.05) is 0 Å². The fourth-order valence-electron chi connectivity index (χ4n) is 5.47. The molecule has 0 aromatic heterocycles. The molecule has 0 saturated carbocycles. The van der Waals surface area contributed by atoms with Crippen LogP contribution in [0.2, 0.25) is 0 Å². The number of esters is 1. The Morgan fingerprint density at radius 3 is 1.35 bits per heavy atom.